The molecule has 0 bridgehead atoms. The van der Waals surface area contributed by atoms with Crippen molar-refractivity contribution >= 4 is 33.7 Å². The molecule has 0 spiro atoms. The number of benzene rings is 3. The minimum absolute atomic E-state index is 0.811. The summed E-state index contributed by atoms with van der Waals surface area (Å²) in [6.07, 6.45) is 7.31. The third-order valence-electron chi connectivity index (χ3n) is 4.52. The van der Waals surface area contributed by atoms with E-state index in [1.165, 1.54) is 32.0 Å². The second kappa shape index (κ2) is 5.47. The Morgan fingerprint density at radius 2 is 1.52 bits per heavy atom. The molecule has 3 aromatic rings. The largest absolute Gasteiger partial charge is 0.501 e. The van der Waals surface area contributed by atoms with Crippen molar-refractivity contribution in [2.45, 2.75) is 6.42 Å². The second-order valence-corrected chi connectivity index (χ2v) is 5.70. The van der Waals surface area contributed by atoms with Crippen LogP contribution in [0.2, 0.25) is 0 Å². The molecule has 0 unspecified atom stereocenters. The Morgan fingerprint density at radius 3 is 2.30 bits per heavy atom. The van der Waals surface area contributed by atoms with Crippen LogP contribution in [0.15, 0.2) is 54.3 Å². The lowest BCUT2D eigenvalue weighted by Crippen LogP contribution is -2.26. The maximum Gasteiger partial charge on any atom is 0.119 e. The lowest BCUT2D eigenvalue weighted by Gasteiger charge is -2.09. The summed E-state index contributed by atoms with van der Waals surface area (Å²) in [6.45, 7) is 0. The molecular weight excluding hydrogens is 284 g/mol. The predicted octanol–water partition coefficient (Wildman–Crippen LogP) is 3.50. The van der Waals surface area contributed by atoms with Gasteiger partial charge >= 0.3 is 0 Å². The van der Waals surface area contributed by atoms with Crippen LogP contribution in [0.3, 0.4) is 0 Å². The number of ether oxygens (including phenoxy) is 2. The van der Waals surface area contributed by atoms with Gasteiger partial charge in [0.2, 0.25) is 0 Å². The van der Waals surface area contributed by atoms with E-state index in [1.807, 2.05) is 6.07 Å². The monoisotopic (exact) mass is 302 g/mol. The number of methoxy groups -OCH3 is 2. The van der Waals surface area contributed by atoms with Crippen molar-refractivity contribution in [2.75, 3.05) is 14.2 Å². The summed E-state index contributed by atoms with van der Waals surface area (Å²) in [5.41, 5.74) is 0. The summed E-state index contributed by atoms with van der Waals surface area (Å²) in [5.74, 6) is 1.86. The minimum Gasteiger partial charge on any atom is -0.501 e. The van der Waals surface area contributed by atoms with Gasteiger partial charge in [0.25, 0.3) is 0 Å². The fourth-order valence-electron chi connectivity index (χ4n) is 3.35. The maximum absolute atomic E-state index is 5.44. The first kappa shape index (κ1) is 13.9. The smallest absolute Gasteiger partial charge is 0.119 e. The molecule has 0 heterocycles. The lowest BCUT2D eigenvalue weighted by molar-refractivity contribution is 0.287. The van der Waals surface area contributed by atoms with Crippen LogP contribution in [0.5, 0.6) is 5.75 Å². The minimum atomic E-state index is 0.811. The highest BCUT2D eigenvalue weighted by atomic mass is 16.5. The summed E-state index contributed by atoms with van der Waals surface area (Å²) in [6, 6.07) is 14.9. The van der Waals surface area contributed by atoms with Gasteiger partial charge in [-0.3, -0.25) is 0 Å². The zero-order chi connectivity index (χ0) is 15.8. The highest BCUT2D eigenvalue weighted by molar-refractivity contribution is 6.08. The molecule has 0 saturated carbocycles. The first-order valence-electron chi connectivity index (χ1n) is 7.75. The molecular formula is C21H18O2. The van der Waals surface area contributed by atoms with Crippen LogP contribution < -0.4 is 15.2 Å². The van der Waals surface area contributed by atoms with Crippen LogP contribution in [-0.4, -0.2) is 14.2 Å². The highest BCUT2D eigenvalue weighted by Crippen LogP contribution is 2.25. The van der Waals surface area contributed by atoms with Crippen LogP contribution >= 0.6 is 0 Å². The molecule has 0 radical (unpaired) electrons. The molecule has 2 heteroatoms. The Labute approximate surface area is 135 Å². The van der Waals surface area contributed by atoms with Gasteiger partial charge in [0.05, 0.1) is 20.0 Å². The molecule has 114 valence electrons. The third kappa shape index (κ3) is 2.18. The fraction of sp³-hybridized carbons (Fsp3) is 0.143. The zero-order valence-electron chi connectivity index (χ0n) is 13.3. The van der Waals surface area contributed by atoms with E-state index < -0.39 is 0 Å². The number of hydrogen-bond donors (Lipinski definition) is 0. The SMILES string of the molecule is COC1=CC=c2c(c3ccccc3c3cc(OC)ccc23)=CC1. The van der Waals surface area contributed by atoms with Crippen molar-refractivity contribution in [3.8, 4) is 5.75 Å². The fourth-order valence-corrected chi connectivity index (χ4v) is 3.35. The van der Waals surface area contributed by atoms with Gasteiger partial charge in [-0.25, -0.2) is 0 Å². The Hall–Kier alpha value is -2.74. The normalized spacial score (nSPS) is 13.6. The van der Waals surface area contributed by atoms with Gasteiger partial charge in [-0.15, -0.1) is 0 Å². The van der Waals surface area contributed by atoms with E-state index in [9.17, 15) is 0 Å². The molecule has 0 amide bonds. The van der Waals surface area contributed by atoms with Crippen molar-refractivity contribution < 1.29 is 9.47 Å². The standard InChI is InChI=1S/C21H18O2/c1-22-14-7-10-18-16-5-3-4-6-17(16)21-13-15(23-2)9-12-20(21)19(18)11-8-14/h3-6,8-13H,7H2,1-2H3. The van der Waals surface area contributed by atoms with E-state index in [-0.39, 0.29) is 0 Å². The Bertz CT molecular complexity index is 1060. The van der Waals surface area contributed by atoms with E-state index in [0.29, 0.717) is 0 Å². The van der Waals surface area contributed by atoms with Crippen LogP contribution in [0.25, 0.3) is 33.7 Å². The van der Waals surface area contributed by atoms with E-state index in [2.05, 4.69) is 54.6 Å². The van der Waals surface area contributed by atoms with Crippen molar-refractivity contribution in [1.82, 2.24) is 0 Å². The lowest BCUT2D eigenvalue weighted by atomic mass is 9.97. The van der Waals surface area contributed by atoms with E-state index >= 15 is 0 Å². The molecule has 0 aliphatic heterocycles. The van der Waals surface area contributed by atoms with Gasteiger partial charge in [0.15, 0.2) is 0 Å². The van der Waals surface area contributed by atoms with Gasteiger partial charge < -0.3 is 9.47 Å². The third-order valence-corrected chi connectivity index (χ3v) is 4.52. The van der Waals surface area contributed by atoms with Crippen molar-refractivity contribution in [2.24, 2.45) is 0 Å². The molecule has 2 nitrogen and oxygen atoms in total. The van der Waals surface area contributed by atoms with Crippen LogP contribution in [0.4, 0.5) is 0 Å². The highest BCUT2D eigenvalue weighted by Gasteiger charge is 2.08. The first-order valence-corrected chi connectivity index (χ1v) is 7.75. The molecule has 1 aliphatic rings. The predicted molar refractivity (Wildman–Crippen MR) is 95.9 cm³/mol. The van der Waals surface area contributed by atoms with Crippen LogP contribution in [0.1, 0.15) is 6.42 Å². The van der Waals surface area contributed by atoms with Crippen LogP contribution in [-0.2, 0) is 4.74 Å². The van der Waals surface area contributed by atoms with Gasteiger partial charge in [-0.2, -0.15) is 0 Å². The van der Waals surface area contributed by atoms with Gasteiger partial charge in [-0.1, -0.05) is 42.5 Å². The molecule has 3 aromatic carbocycles. The second-order valence-electron chi connectivity index (χ2n) is 5.70. The quantitative estimate of drug-likeness (QED) is 0.675. The van der Waals surface area contributed by atoms with Crippen molar-refractivity contribution in [1.29, 1.82) is 0 Å². The Balaban J connectivity index is 2.25. The summed E-state index contributed by atoms with van der Waals surface area (Å²) < 4.78 is 10.9. The molecule has 23 heavy (non-hydrogen) atoms. The van der Waals surface area contributed by atoms with E-state index in [0.717, 1.165) is 17.9 Å². The topological polar surface area (TPSA) is 18.5 Å². The summed E-state index contributed by atoms with van der Waals surface area (Å²) in [7, 11) is 3.44. The molecule has 0 atom stereocenters. The maximum atomic E-state index is 5.44. The molecule has 0 fully saturated rings. The van der Waals surface area contributed by atoms with Crippen LogP contribution in [0, 0.1) is 0 Å². The number of allylic oxidation sites excluding steroid dienone is 2. The zero-order valence-corrected chi connectivity index (χ0v) is 13.3. The molecule has 0 saturated heterocycles. The van der Waals surface area contributed by atoms with Gasteiger partial charge in [0, 0.05) is 6.42 Å². The van der Waals surface area contributed by atoms with Crippen molar-refractivity contribution in [3.63, 3.8) is 0 Å². The molecule has 0 aromatic heterocycles. The summed E-state index contributed by atoms with van der Waals surface area (Å²) in [4.78, 5) is 0. The van der Waals surface area contributed by atoms with Gasteiger partial charge in [0.1, 0.15) is 5.75 Å². The Kier molecular flexibility index (Phi) is 3.30. The van der Waals surface area contributed by atoms with Crippen molar-refractivity contribution in [3.05, 3.63) is 64.7 Å². The van der Waals surface area contributed by atoms with E-state index in [4.69, 9.17) is 9.47 Å². The Morgan fingerprint density at radius 1 is 0.739 bits per heavy atom. The average molecular weight is 302 g/mol. The van der Waals surface area contributed by atoms with Gasteiger partial charge in [-0.05, 0) is 50.2 Å². The number of hydrogen-bond acceptors (Lipinski definition) is 2. The van der Waals surface area contributed by atoms with E-state index in [1.54, 1.807) is 14.2 Å². The molecule has 1 aliphatic carbocycles. The summed E-state index contributed by atoms with van der Waals surface area (Å²) >= 11 is 0. The summed E-state index contributed by atoms with van der Waals surface area (Å²) in [5, 5.41) is 7.51. The number of fused-ring (bicyclic) bond motifs is 6. The first-order chi connectivity index (χ1) is 11.3. The molecule has 4 rings (SSSR count). The molecule has 0 N–H and O–H groups in total. The number of rotatable bonds is 2. The average Bonchev–Trinajstić information content (AvgIpc) is 2.84.